The average molecular weight is 364 g/mol. The third-order valence-electron chi connectivity index (χ3n) is 4.84. The lowest BCUT2D eigenvalue weighted by molar-refractivity contribution is 0.0934. The zero-order valence-electron chi connectivity index (χ0n) is 16.1. The predicted molar refractivity (Wildman–Crippen MR) is 105 cm³/mol. The molecule has 1 amide bonds. The van der Waals surface area contributed by atoms with Gasteiger partial charge in [-0.2, -0.15) is 4.98 Å². The Morgan fingerprint density at radius 2 is 2.08 bits per heavy atom. The molecule has 7 nitrogen and oxygen atoms in total. The number of amides is 1. The Morgan fingerprint density at radius 1 is 1.31 bits per heavy atom. The van der Waals surface area contributed by atoms with Gasteiger partial charge in [0.1, 0.15) is 11.4 Å². The van der Waals surface area contributed by atoms with Crippen molar-refractivity contribution < 1.29 is 9.90 Å². The van der Waals surface area contributed by atoms with Crippen LogP contribution in [0.1, 0.15) is 75.6 Å². The molecule has 1 saturated carbocycles. The standard InChI is InChI=1S/C19H33N5O2/c1-3-8-14(4-2)23-18(26)16-13-21-19(20-11-12-25)24-17(16)22-15-9-6-5-7-10-15/h13-15,25H,3-12H2,1-2H3,(H,23,26)(H2,20,21,22,24). The van der Waals surface area contributed by atoms with Gasteiger partial charge >= 0.3 is 0 Å². The highest BCUT2D eigenvalue weighted by atomic mass is 16.3. The molecule has 0 saturated heterocycles. The molecule has 0 bridgehead atoms. The highest BCUT2D eigenvalue weighted by Gasteiger charge is 2.21. The Morgan fingerprint density at radius 3 is 2.73 bits per heavy atom. The van der Waals surface area contributed by atoms with Crippen LogP contribution in [-0.4, -0.2) is 46.2 Å². The molecule has 1 aromatic rings. The van der Waals surface area contributed by atoms with E-state index >= 15 is 0 Å². The first-order valence-corrected chi connectivity index (χ1v) is 9.97. The first-order valence-electron chi connectivity index (χ1n) is 9.97. The van der Waals surface area contributed by atoms with Crippen LogP contribution in [0, 0.1) is 0 Å². The molecule has 1 atom stereocenters. The van der Waals surface area contributed by atoms with E-state index in [0.717, 1.165) is 32.1 Å². The Labute approximate surface area is 156 Å². The number of nitrogens with zero attached hydrogens (tertiary/aromatic N) is 2. The van der Waals surface area contributed by atoms with Gasteiger partial charge in [-0.25, -0.2) is 4.98 Å². The summed E-state index contributed by atoms with van der Waals surface area (Å²) >= 11 is 0. The van der Waals surface area contributed by atoms with Crippen LogP contribution in [0.5, 0.6) is 0 Å². The summed E-state index contributed by atoms with van der Waals surface area (Å²) in [7, 11) is 0. The molecule has 7 heteroatoms. The van der Waals surface area contributed by atoms with E-state index in [4.69, 9.17) is 5.11 Å². The van der Waals surface area contributed by atoms with E-state index in [1.807, 2.05) is 0 Å². The van der Waals surface area contributed by atoms with E-state index < -0.39 is 0 Å². The molecule has 1 aliphatic carbocycles. The van der Waals surface area contributed by atoms with E-state index in [0.29, 0.717) is 29.9 Å². The van der Waals surface area contributed by atoms with E-state index in [2.05, 4.69) is 39.8 Å². The summed E-state index contributed by atoms with van der Waals surface area (Å²) in [5.74, 6) is 0.878. The van der Waals surface area contributed by atoms with E-state index in [1.165, 1.54) is 19.3 Å². The van der Waals surface area contributed by atoms with Crippen LogP contribution in [0.2, 0.25) is 0 Å². The minimum atomic E-state index is -0.127. The molecule has 0 radical (unpaired) electrons. The van der Waals surface area contributed by atoms with Gasteiger partial charge in [0, 0.05) is 24.8 Å². The molecule has 1 unspecified atom stereocenters. The molecule has 1 heterocycles. The molecule has 146 valence electrons. The molecule has 2 rings (SSSR count). The molecular weight excluding hydrogens is 330 g/mol. The van der Waals surface area contributed by atoms with Crippen molar-refractivity contribution in [2.75, 3.05) is 23.8 Å². The second kappa shape index (κ2) is 11.0. The summed E-state index contributed by atoms with van der Waals surface area (Å²) < 4.78 is 0. The number of carbonyl (C=O) groups is 1. The number of aliphatic hydroxyl groups excluding tert-OH is 1. The quantitative estimate of drug-likeness (QED) is 0.510. The molecular formula is C19H33N5O2. The Hall–Kier alpha value is -1.89. The Balaban J connectivity index is 2.17. The van der Waals surface area contributed by atoms with Gasteiger partial charge < -0.3 is 21.1 Å². The van der Waals surface area contributed by atoms with Gasteiger partial charge in [0.15, 0.2) is 0 Å². The molecule has 1 aromatic heterocycles. The minimum absolute atomic E-state index is 0.00613. The highest BCUT2D eigenvalue weighted by molar-refractivity contribution is 5.98. The number of hydrogen-bond donors (Lipinski definition) is 4. The monoisotopic (exact) mass is 363 g/mol. The van der Waals surface area contributed by atoms with Crippen molar-refractivity contribution in [1.29, 1.82) is 0 Å². The maximum atomic E-state index is 12.8. The molecule has 4 N–H and O–H groups in total. The largest absolute Gasteiger partial charge is 0.395 e. The lowest BCUT2D eigenvalue weighted by Crippen LogP contribution is -2.35. The smallest absolute Gasteiger partial charge is 0.256 e. The number of rotatable bonds is 10. The maximum absolute atomic E-state index is 12.8. The second-order valence-electron chi connectivity index (χ2n) is 6.95. The summed E-state index contributed by atoms with van der Waals surface area (Å²) in [5.41, 5.74) is 0.486. The van der Waals surface area contributed by atoms with Crippen LogP contribution in [0.3, 0.4) is 0 Å². The summed E-state index contributed by atoms with van der Waals surface area (Å²) in [5, 5.41) is 18.5. The number of anilines is 2. The third kappa shape index (κ3) is 6.12. The van der Waals surface area contributed by atoms with Crippen molar-refractivity contribution in [3.8, 4) is 0 Å². The molecule has 1 aliphatic rings. The SMILES string of the molecule is CCCC(CC)NC(=O)c1cnc(NCCO)nc1NC1CCCCC1. The predicted octanol–water partition coefficient (Wildman–Crippen LogP) is 2.93. The summed E-state index contributed by atoms with van der Waals surface area (Å²) in [4.78, 5) is 21.5. The van der Waals surface area contributed by atoms with Gasteiger partial charge in [-0.3, -0.25) is 4.79 Å². The second-order valence-corrected chi connectivity index (χ2v) is 6.95. The van der Waals surface area contributed by atoms with Gasteiger partial charge in [-0.05, 0) is 25.7 Å². The molecule has 1 fully saturated rings. The fourth-order valence-electron chi connectivity index (χ4n) is 3.34. The summed E-state index contributed by atoms with van der Waals surface area (Å²) in [6.07, 6.45) is 10.3. The lowest BCUT2D eigenvalue weighted by Gasteiger charge is -2.25. The van der Waals surface area contributed by atoms with E-state index in [9.17, 15) is 4.79 Å². The number of aromatic nitrogens is 2. The third-order valence-corrected chi connectivity index (χ3v) is 4.84. The number of hydrogen-bond acceptors (Lipinski definition) is 6. The zero-order valence-corrected chi connectivity index (χ0v) is 16.1. The van der Waals surface area contributed by atoms with Gasteiger partial charge in [0.05, 0.1) is 6.61 Å². The minimum Gasteiger partial charge on any atom is -0.395 e. The molecule has 0 spiro atoms. The first-order chi connectivity index (χ1) is 12.7. The Bertz CT molecular complexity index is 561. The van der Waals surface area contributed by atoms with Gasteiger partial charge in [-0.1, -0.05) is 39.5 Å². The topological polar surface area (TPSA) is 99.2 Å². The van der Waals surface area contributed by atoms with Gasteiger partial charge in [0.25, 0.3) is 5.91 Å². The highest BCUT2D eigenvalue weighted by Crippen LogP contribution is 2.23. The van der Waals surface area contributed by atoms with Crippen molar-refractivity contribution in [2.24, 2.45) is 0 Å². The van der Waals surface area contributed by atoms with Gasteiger partial charge in [0.2, 0.25) is 5.95 Å². The van der Waals surface area contributed by atoms with Crippen LogP contribution < -0.4 is 16.0 Å². The van der Waals surface area contributed by atoms with Gasteiger partial charge in [-0.15, -0.1) is 0 Å². The maximum Gasteiger partial charge on any atom is 0.256 e. The van der Waals surface area contributed by atoms with Crippen molar-refractivity contribution in [3.63, 3.8) is 0 Å². The van der Waals surface area contributed by atoms with E-state index in [1.54, 1.807) is 6.20 Å². The normalized spacial score (nSPS) is 16.1. The Kier molecular flexibility index (Phi) is 8.61. The fourth-order valence-corrected chi connectivity index (χ4v) is 3.34. The lowest BCUT2D eigenvalue weighted by atomic mass is 9.95. The van der Waals surface area contributed by atoms with E-state index in [-0.39, 0.29) is 18.6 Å². The first kappa shape index (κ1) is 20.4. The number of aliphatic hydroxyl groups is 1. The zero-order chi connectivity index (χ0) is 18.8. The number of nitrogens with one attached hydrogen (secondary N) is 3. The van der Waals surface area contributed by atoms with Crippen LogP contribution >= 0.6 is 0 Å². The van der Waals surface area contributed by atoms with Crippen LogP contribution in [-0.2, 0) is 0 Å². The average Bonchev–Trinajstić information content (AvgIpc) is 2.66. The van der Waals surface area contributed by atoms with Crippen molar-refractivity contribution in [3.05, 3.63) is 11.8 Å². The fraction of sp³-hybridized carbons (Fsp3) is 0.737. The van der Waals surface area contributed by atoms with Crippen LogP contribution in [0.25, 0.3) is 0 Å². The molecule has 0 aliphatic heterocycles. The molecule has 0 aromatic carbocycles. The van der Waals surface area contributed by atoms with Crippen LogP contribution in [0.4, 0.5) is 11.8 Å². The van der Waals surface area contributed by atoms with Crippen molar-refractivity contribution >= 4 is 17.7 Å². The summed E-state index contributed by atoms with van der Waals surface area (Å²) in [6, 6.07) is 0.510. The number of carbonyl (C=O) groups excluding carboxylic acids is 1. The van der Waals surface area contributed by atoms with Crippen molar-refractivity contribution in [2.45, 2.75) is 77.3 Å². The van der Waals surface area contributed by atoms with Crippen LogP contribution in [0.15, 0.2) is 6.20 Å². The molecule has 26 heavy (non-hydrogen) atoms. The summed E-state index contributed by atoms with van der Waals surface area (Å²) in [6.45, 7) is 4.59. The van der Waals surface area contributed by atoms with Crippen molar-refractivity contribution in [1.82, 2.24) is 15.3 Å².